The Morgan fingerprint density at radius 3 is 2.38 bits per heavy atom. The molecule has 0 N–H and O–H groups in total. The molecule has 0 amide bonds. The Bertz CT molecular complexity index is 1520. The molecule has 8 heteroatoms. The van der Waals surface area contributed by atoms with Gasteiger partial charge in [-0.1, -0.05) is 53.7 Å². The summed E-state index contributed by atoms with van der Waals surface area (Å²) < 4.78 is 32.7. The molecule has 3 aromatic carbocycles. The van der Waals surface area contributed by atoms with Crippen molar-refractivity contribution in [2.45, 2.75) is 24.1 Å². The van der Waals surface area contributed by atoms with Crippen LogP contribution in [0.1, 0.15) is 12.5 Å². The minimum absolute atomic E-state index is 0.0759. The second kappa shape index (κ2) is 9.07. The van der Waals surface area contributed by atoms with E-state index < -0.39 is 9.84 Å². The average molecular weight is 471 g/mol. The van der Waals surface area contributed by atoms with Gasteiger partial charge in [-0.15, -0.1) is 0 Å². The summed E-state index contributed by atoms with van der Waals surface area (Å²) in [5.41, 5.74) is 4.29. The molecule has 0 aliphatic rings. The summed E-state index contributed by atoms with van der Waals surface area (Å²) >= 11 is 0. The molecule has 5 rings (SSSR count). The van der Waals surface area contributed by atoms with Crippen molar-refractivity contribution < 1.29 is 12.9 Å². The summed E-state index contributed by atoms with van der Waals surface area (Å²) in [6.45, 7) is 2.83. The molecule has 34 heavy (non-hydrogen) atoms. The number of aryl methyl sites for hydroxylation is 1. The summed E-state index contributed by atoms with van der Waals surface area (Å²) in [6, 6.07) is 25.5. The lowest BCUT2D eigenvalue weighted by molar-refractivity contribution is 0.432. The van der Waals surface area contributed by atoms with E-state index in [-0.39, 0.29) is 5.75 Å². The van der Waals surface area contributed by atoms with E-state index in [1.165, 1.54) is 0 Å². The maximum absolute atomic E-state index is 12.6. The van der Waals surface area contributed by atoms with Gasteiger partial charge in [-0.25, -0.2) is 8.42 Å². The molecule has 0 aliphatic heterocycles. The smallest absolute Gasteiger partial charge is 0.258 e. The van der Waals surface area contributed by atoms with Crippen LogP contribution in [0.4, 0.5) is 0 Å². The van der Waals surface area contributed by atoms with E-state index in [0.717, 1.165) is 28.9 Å². The number of rotatable bonds is 7. The first-order chi connectivity index (χ1) is 16.5. The van der Waals surface area contributed by atoms with Gasteiger partial charge in [-0.2, -0.15) is 10.1 Å². The van der Waals surface area contributed by atoms with Gasteiger partial charge < -0.3 is 4.52 Å². The van der Waals surface area contributed by atoms with Crippen LogP contribution in [0.3, 0.4) is 0 Å². The second-order valence-corrected chi connectivity index (χ2v) is 9.79. The molecule has 0 atom stereocenters. The fourth-order valence-electron chi connectivity index (χ4n) is 3.78. The van der Waals surface area contributed by atoms with Crippen LogP contribution in [0.2, 0.25) is 0 Å². The van der Waals surface area contributed by atoms with Crippen molar-refractivity contribution in [3.05, 3.63) is 96.7 Å². The van der Waals surface area contributed by atoms with Crippen LogP contribution >= 0.6 is 0 Å². The maximum Gasteiger partial charge on any atom is 0.258 e. The lowest BCUT2D eigenvalue weighted by atomic mass is 10.1. The quantitative estimate of drug-likeness (QED) is 0.322. The molecule has 7 nitrogen and oxygen atoms in total. The van der Waals surface area contributed by atoms with Gasteiger partial charge in [0.05, 0.1) is 16.3 Å². The molecule has 0 spiro atoms. The lowest BCUT2D eigenvalue weighted by Crippen LogP contribution is -2.04. The lowest BCUT2D eigenvalue weighted by Gasteiger charge is -2.05. The average Bonchev–Trinajstić information content (AvgIpc) is 3.55. The molecule has 0 saturated carbocycles. The van der Waals surface area contributed by atoms with Gasteiger partial charge in [0.1, 0.15) is 0 Å². The van der Waals surface area contributed by atoms with Crippen molar-refractivity contribution in [2.75, 3.05) is 0 Å². The van der Waals surface area contributed by atoms with Crippen LogP contribution in [-0.2, 0) is 22.1 Å². The summed E-state index contributed by atoms with van der Waals surface area (Å²) in [6.07, 6.45) is 1.78. The highest BCUT2D eigenvalue weighted by Gasteiger charge is 2.16. The van der Waals surface area contributed by atoms with E-state index >= 15 is 0 Å². The first-order valence-corrected chi connectivity index (χ1v) is 12.5. The zero-order chi connectivity index (χ0) is 23.5. The van der Waals surface area contributed by atoms with Crippen molar-refractivity contribution in [3.63, 3.8) is 0 Å². The van der Waals surface area contributed by atoms with E-state index in [1.807, 2.05) is 41.9 Å². The SMILES string of the molecule is CCn1nccc1-c1cccc(-c2noc(-c3ccc(CS(=O)(=O)c4ccccc4)cc3)n2)c1. The van der Waals surface area contributed by atoms with Gasteiger partial charge in [0, 0.05) is 29.4 Å². The van der Waals surface area contributed by atoms with Crippen molar-refractivity contribution in [1.29, 1.82) is 0 Å². The van der Waals surface area contributed by atoms with Gasteiger partial charge in [0.2, 0.25) is 5.82 Å². The number of hydrogen-bond donors (Lipinski definition) is 0. The third kappa shape index (κ3) is 4.40. The molecule has 5 aromatic rings. The first-order valence-electron chi connectivity index (χ1n) is 10.9. The molecule has 0 unspecified atom stereocenters. The van der Waals surface area contributed by atoms with Crippen LogP contribution in [0.5, 0.6) is 0 Å². The number of aromatic nitrogens is 4. The summed E-state index contributed by atoms with van der Waals surface area (Å²) in [5, 5.41) is 8.48. The Hall–Kier alpha value is -4.04. The van der Waals surface area contributed by atoms with Crippen LogP contribution in [0.25, 0.3) is 34.1 Å². The highest BCUT2D eigenvalue weighted by atomic mass is 32.2. The molecule has 0 bridgehead atoms. The van der Waals surface area contributed by atoms with Gasteiger partial charge in [0.25, 0.3) is 5.89 Å². The normalized spacial score (nSPS) is 11.6. The molecule has 2 heterocycles. The Morgan fingerprint density at radius 1 is 0.853 bits per heavy atom. The number of sulfone groups is 1. The predicted molar refractivity (Wildman–Crippen MR) is 129 cm³/mol. The second-order valence-electron chi connectivity index (χ2n) is 7.81. The monoisotopic (exact) mass is 470 g/mol. The third-order valence-electron chi connectivity index (χ3n) is 5.52. The highest BCUT2D eigenvalue weighted by Crippen LogP contribution is 2.27. The van der Waals surface area contributed by atoms with Crippen LogP contribution in [0.15, 0.2) is 101 Å². The number of benzene rings is 3. The fourth-order valence-corrected chi connectivity index (χ4v) is 5.15. The molecule has 0 radical (unpaired) electrons. The molecule has 170 valence electrons. The van der Waals surface area contributed by atoms with E-state index in [0.29, 0.717) is 22.2 Å². The van der Waals surface area contributed by atoms with Gasteiger partial charge in [-0.3, -0.25) is 4.68 Å². The third-order valence-corrected chi connectivity index (χ3v) is 7.22. The number of hydrogen-bond acceptors (Lipinski definition) is 6. The Kier molecular flexibility index (Phi) is 5.81. The van der Waals surface area contributed by atoms with Crippen molar-refractivity contribution in [1.82, 2.24) is 19.9 Å². The summed E-state index contributed by atoms with van der Waals surface area (Å²) in [7, 11) is -3.41. The minimum atomic E-state index is -3.41. The van der Waals surface area contributed by atoms with Crippen molar-refractivity contribution in [3.8, 4) is 34.1 Å². The standard InChI is InChI=1S/C26H22N4O3S/c1-2-30-24(15-16-27-30)21-7-6-8-22(17-21)25-28-26(33-29-25)20-13-11-19(12-14-20)18-34(31,32)23-9-4-3-5-10-23/h3-17H,2,18H2,1H3. The largest absolute Gasteiger partial charge is 0.334 e. The first kappa shape index (κ1) is 21.8. The van der Waals surface area contributed by atoms with Gasteiger partial charge in [-0.05, 0) is 48.9 Å². The van der Waals surface area contributed by atoms with E-state index in [1.54, 1.807) is 60.8 Å². The van der Waals surface area contributed by atoms with E-state index in [4.69, 9.17) is 4.52 Å². The predicted octanol–water partition coefficient (Wildman–Crippen LogP) is 5.26. The van der Waals surface area contributed by atoms with E-state index in [9.17, 15) is 8.42 Å². The number of nitrogens with zero attached hydrogens (tertiary/aromatic N) is 4. The zero-order valence-corrected chi connectivity index (χ0v) is 19.3. The molecule has 2 aromatic heterocycles. The fraction of sp³-hybridized carbons (Fsp3) is 0.115. The van der Waals surface area contributed by atoms with Crippen LogP contribution in [-0.4, -0.2) is 28.3 Å². The van der Waals surface area contributed by atoms with Gasteiger partial charge in [0.15, 0.2) is 9.84 Å². The van der Waals surface area contributed by atoms with Crippen LogP contribution < -0.4 is 0 Å². The van der Waals surface area contributed by atoms with Crippen LogP contribution in [0, 0.1) is 0 Å². The molecular weight excluding hydrogens is 448 g/mol. The van der Waals surface area contributed by atoms with Crippen molar-refractivity contribution >= 4 is 9.84 Å². The minimum Gasteiger partial charge on any atom is -0.334 e. The van der Waals surface area contributed by atoms with Crippen molar-refractivity contribution in [2.24, 2.45) is 0 Å². The topological polar surface area (TPSA) is 90.9 Å². The zero-order valence-electron chi connectivity index (χ0n) is 18.5. The maximum atomic E-state index is 12.6. The molecule has 0 fully saturated rings. The molecule has 0 saturated heterocycles. The Labute approximate surface area is 197 Å². The molecular formula is C26H22N4O3S. The Balaban J connectivity index is 1.36. The summed E-state index contributed by atoms with van der Waals surface area (Å²) in [4.78, 5) is 4.86. The molecule has 0 aliphatic carbocycles. The van der Waals surface area contributed by atoms with Gasteiger partial charge >= 0.3 is 0 Å². The Morgan fingerprint density at radius 2 is 1.62 bits per heavy atom. The van der Waals surface area contributed by atoms with E-state index in [2.05, 4.69) is 15.2 Å². The highest BCUT2D eigenvalue weighted by molar-refractivity contribution is 7.90. The summed E-state index contributed by atoms with van der Waals surface area (Å²) in [5.74, 6) is 0.777.